The van der Waals surface area contributed by atoms with Gasteiger partial charge in [0, 0.05) is 19.6 Å². The Morgan fingerprint density at radius 2 is 2.11 bits per heavy atom. The highest BCUT2D eigenvalue weighted by molar-refractivity contribution is 6.07. The van der Waals surface area contributed by atoms with Crippen LogP contribution in [0.25, 0.3) is 0 Å². The van der Waals surface area contributed by atoms with E-state index in [1.807, 2.05) is 12.1 Å². The Morgan fingerprint density at radius 3 is 2.67 bits per heavy atom. The topological polar surface area (TPSA) is 76.4 Å². The minimum absolute atomic E-state index is 0.178. The first-order valence-corrected chi connectivity index (χ1v) is 5.97. The molecule has 2 saturated heterocycles. The molecule has 2 heterocycles. The van der Waals surface area contributed by atoms with Crippen molar-refractivity contribution in [1.82, 2.24) is 15.1 Å². The number of carbonyl (C=O) groups is 2. The van der Waals surface area contributed by atoms with Gasteiger partial charge in [-0.2, -0.15) is 5.26 Å². The van der Waals surface area contributed by atoms with Crippen molar-refractivity contribution in [2.75, 3.05) is 26.2 Å². The second kappa shape index (κ2) is 4.78. The fraction of sp³-hybridized carbons (Fsp3) is 0.583. The van der Waals surface area contributed by atoms with E-state index in [4.69, 9.17) is 5.26 Å². The van der Waals surface area contributed by atoms with E-state index in [0.29, 0.717) is 12.8 Å². The van der Waals surface area contributed by atoms with Gasteiger partial charge in [0.25, 0.3) is 5.91 Å². The summed E-state index contributed by atoms with van der Waals surface area (Å²) in [4.78, 5) is 27.1. The smallest absolute Gasteiger partial charge is 0.323 e. The summed E-state index contributed by atoms with van der Waals surface area (Å²) in [5.74, 6) is -0.257. The van der Waals surface area contributed by atoms with Gasteiger partial charge in [0.15, 0.2) is 0 Å². The molecule has 6 heteroatoms. The Kier molecular flexibility index (Phi) is 3.34. The van der Waals surface area contributed by atoms with Crippen LogP contribution in [0.3, 0.4) is 0 Å². The van der Waals surface area contributed by atoms with Gasteiger partial charge in [0.2, 0.25) is 0 Å². The van der Waals surface area contributed by atoms with Crippen LogP contribution in [0.4, 0.5) is 4.79 Å². The molecule has 96 valence electrons. The first kappa shape index (κ1) is 12.6. The number of piperidine rings is 1. The number of hydrogen-bond acceptors (Lipinski definition) is 4. The molecule has 0 bridgehead atoms. The summed E-state index contributed by atoms with van der Waals surface area (Å²) in [5, 5.41) is 11.4. The maximum Gasteiger partial charge on any atom is 0.325 e. The molecule has 0 aliphatic carbocycles. The largest absolute Gasteiger partial charge is 0.325 e. The zero-order valence-electron chi connectivity index (χ0n) is 10.2. The fourth-order valence-corrected chi connectivity index (χ4v) is 2.53. The molecule has 6 nitrogen and oxygen atoms in total. The average Bonchev–Trinajstić information content (AvgIpc) is 2.58. The molecule has 0 radical (unpaired) electrons. The van der Waals surface area contributed by atoms with E-state index in [-0.39, 0.29) is 12.5 Å². The van der Waals surface area contributed by atoms with E-state index in [1.165, 1.54) is 0 Å². The summed E-state index contributed by atoms with van der Waals surface area (Å²) in [5.41, 5.74) is -0.786. The van der Waals surface area contributed by atoms with Crippen LogP contribution in [0.1, 0.15) is 12.8 Å². The van der Waals surface area contributed by atoms with Crippen molar-refractivity contribution in [3.63, 3.8) is 0 Å². The third-order valence-electron chi connectivity index (χ3n) is 3.57. The SMILES string of the molecule is C=CCN1CCC2(CC1)NC(=O)N(CC#N)C2=O. The average molecular weight is 248 g/mol. The molecule has 0 aromatic rings. The van der Waals surface area contributed by atoms with Gasteiger partial charge in [-0.05, 0) is 12.8 Å². The molecule has 2 aliphatic rings. The number of carbonyl (C=O) groups excluding carboxylic acids is 2. The van der Waals surface area contributed by atoms with E-state index < -0.39 is 11.6 Å². The highest BCUT2D eigenvalue weighted by atomic mass is 16.2. The molecule has 0 saturated carbocycles. The number of hydrogen-bond donors (Lipinski definition) is 1. The number of rotatable bonds is 3. The molecule has 0 aromatic carbocycles. The van der Waals surface area contributed by atoms with Crippen molar-refractivity contribution in [2.45, 2.75) is 18.4 Å². The molecular weight excluding hydrogens is 232 g/mol. The summed E-state index contributed by atoms with van der Waals surface area (Å²) in [6.07, 6.45) is 3.01. The summed E-state index contributed by atoms with van der Waals surface area (Å²) >= 11 is 0. The summed E-state index contributed by atoms with van der Waals surface area (Å²) in [7, 11) is 0. The van der Waals surface area contributed by atoms with Crippen molar-refractivity contribution < 1.29 is 9.59 Å². The zero-order chi connectivity index (χ0) is 13.2. The van der Waals surface area contributed by atoms with Crippen LogP contribution in [-0.2, 0) is 4.79 Å². The first-order chi connectivity index (χ1) is 8.63. The minimum Gasteiger partial charge on any atom is -0.323 e. The Labute approximate surface area is 106 Å². The van der Waals surface area contributed by atoms with Crippen LogP contribution >= 0.6 is 0 Å². The number of amides is 3. The molecule has 2 aliphatic heterocycles. The van der Waals surface area contributed by atoms with Gasteiger partial charge in [-0.3, -0.25) is 9.69 Å². The fourth-order valence-electron chi connectivity index (χ4n) is 2.53. The Hall–Kier alpha value is -1.87. The lowest BCUT2D eigenvalue weighted by molar-refractivity contribution is -0.132. The maximum absolute atomic E-state index is 12.2. The number of nitriles is 1. The maximum atomic E-state index is 12.2. The van der Waals surface area contributed by atoms with E-state index in [0.717, 1.165) is 24.5 Å². The Balaban J connectivity index is 2.07. The molecule has 3 amide bonds. The zero-order valence-corrected chi connectivity index (χ0v) is 10.2. The molecule has 1 N–H and O–H groups in total. The normalized spacial score (nSPS) is 22.9. The molecular formula is C12H16N4O2. The summed E-state index contributed by atoms with van der Waals surface area (Å²) in [6.45, 7) is 5.80. The number of nitrogens with zero attached hydrogens (tertiary/aromatic N) is 3. The highest BCUT2D eigenvalue weighted by Gasteiger charge is 2.52. The lowest BCUT2D eigenvalue weighted by Gasteiger charge is -2.36. The van der Waals surface area contributed by atoms with E-state index in [1.54, 1.807) is 0 Å². The lowest BCUT2D eigenvalue weighted by atomic mass is 9.87. The van der Waals surface area contributed by atoms with Gasteiger partial charge in [0.1, 0.15) is 12.1 Å². The van der Waals surface area contributed by atoms with Gasteiger partial charge in [0.05, 0.1) is 6.07 Å². The van der Waals surface area contributed by atoms with Crippen molar-refractivity contribution in [2.24, 2.45) is 0 Å². The quantitative estimate of drug-likeness (QED) is 0.436. The number of urea groups is 1. The standard InChI is InChI=1S/C12H16N4O2/c1-2-6-15-7-3-12(4-8-15)10(17)16(9-5-13)11(18)14-12/h2H,1,3-4,6-9H2,(H,14,18). The molecule has 0 aromatic heterocycles. The highest BCUT2D eigenvalue weighted by Crippen LogP contribution is 2.29. The van der Waals surface area contributed by atoms with Crippen LogP contribution in [0, 0.1) is 11.3 Å². The predicted molar refractivity (Wildman–Crippen MR) is 64.5 cm³/mol. The second-order valence-electron chi connectivity index (χ2n) is 4.65. The monoisotopic (exact) mass is 248 g/mol. The third-order valence-corrected chi connectivity index (χ3v) is 3.57. The van der Waals surface area contributed by atoms with Crippen molar-refractivity contribution in [1.29, 1.82) is 5.26 Å². The van der Waals surface area contributed by atoms with Gasteiger partial charge in [-0.25, -0.2) is 9.69 Å². The van der Waals surface area contributed by atoms with E-state index in [2.05, 4.69) is 16.8 Å². The molecule has 0 atom stereocenters. The van der Waals surface area contributed by atoms with Gasteiger partial charge < -0.3 is 5.32 Å². The van der Waals surface area contributed by atoms with Crippen LogP contribution in [0.15, 0.2) is 12.7 Å². The number of imide groups is 1. The molecule has 18 heavy (non-hydrogen) atoms. The number of likely N-dealkylation sites (tertiary alicyclic amines) is 1. The Bertz CT molecular complexity index is 418. The molecule has 2 fully saturated rings. The first-order valence-electron chi connectivity index (χ1n) is 5.97. The van der Waals surface area contributed by atoms with E-state index >= 15 is 0 Å². The van der Waals surface area contributed by atoms with Gasteiger partial charge >= 0.3 is 6.03 Å². The molecule has 2 rings (SSSR count). The van der Waals surface area contributed by atoms with Crippen LogP contribution in [0.5, 0.6) is 0 Å². The molecule has 1 spiro atoms. The molecule has 0 unspecified atom stereocenters. The lowest BCUT2D eigenvalue weighted by Crippen LogP contribution is -2.54. The Morgan fingerprint density at radius 1 is 1.44 bits per heavy atom. The predicted octanol–water partition coefficient (Wildman–Crippen LogP) is 0.0824. The van der Waals surface area contributed by atoms with Crippen LogP contribution in [0.2, 0.25) is 0 Å². The second-order valence-corrected chi connectivity index (χ2v) is 4.65. The summed E-state index contributed by atoms with van der Waals surface area (Å²) < 4.78 is 0. The van der Waals surface area contributed by atoms with Crippen LogP contribution < -0.4 is 5.32 Å². The van der Waals surface area contributed by atoms with Crippen LogP contribution in [-0.4, -0.2) is 53.5 Å². The van der Waals surface area contributed by atoms with Crippen molar-refractivity contribution >= 4 is 11.9 Å². The van der Waals surface area contributed by atoms with Gasteiger partial charge in [-0.1, -0.05) is 6.08 Å². The third kappa shape index (κ3) is 1.97. The number of nitrogens with one attached hydrogen (secondary N) is 1. The van der Waals surface area contributed by atoms with Gasteiger partial charge in [-0.15, -0.1) is 6.58 Å². The van der Waals surface area contributed by atoms with E-state index in [9.17, 15) is 9.59 Å². The minimum atomic E-state index is -0.786. The summed E-state index contributed by atoms with van der Waals surface area (Å²) in [6, 6.07) is 1.40. The van der Waals surface area contributed by atoms with Crippen molar-refractivity contribution in [3.8, 4) is 6.07 Å². The van der Waals surface area contributed by atoms with Crippen molar-refractivity contribution in [3.05, 3.63) is 12.7 Å².